The Hall–Kier alpha value is -3.71. The Balaban J connectivity index is 1.54. The summed E-state index contributed by atoms with van der Waals surface area (Å²) in [7, 11) is -3.72. The predicted molar refractivity (Wildman–Crippen MR) is 122 cm³/mol. The highest BCUT2D eigenvalue weighted by molar-refractivity contribution is 7.94. The van der Waals surface area contributed by atoms with Crippen LogP contribution in [0.3, 0.4) is 0 Å². The Morgan fingerprint density at radius 3 is 2.55 bits per heavy atom. The van der Waals surface area contributed by atoms with Crippen molar-refractivity contribution in [2.24, 2.45) is 5.16 Å². The van der Waals surface area contributed by atoms with E-state index < -0.39 is 10.0 Å². The molecule has 0 amide bonds. The maximum absolute atomic E-state index is 13.3. The van der Waals surface area contributed by atoms with Gasteiger partial charge in [-0.25, -0.2) is 12.7 Å². The molecule has 2 heterocycles. The average Bonchev–Trinajstić information content (AvgIpc) is 2.79. The molecule has 0 fully saturated rings. The van der Waals surface area contributed by atoms with Gasteiger partial charge in [0.05, 0.1) is 23.1 Å². The molecule has 0 atom stereocenters. The number of aromatic nitrogens is 1. The van der Waals surface area contributed by atoms with E-state index in [2.05, 4.69) is 10.1 Å². The van der Waals surface area contributed by atoms with Crippen LogP contribution in [0, 0.1) is 0 Å². The predicted octanol–water partition coefficient (Wildman–Crippen LogP) is 4.64. The number of hydrogen-bond donors (Lipinski definition) is 0. The molecule has 31 heavy (non-hydrogen) atoms. The molecule has 1 aliphatic heterocycles. The fourth-order valence-electron chi connectivity index (χ4n) is 3.66. The van der Waals surface area contributed by atoms with Crippen molar-refractivity contribution < 1.29 is 13.3 Å². The number of benzene rings is 3. The molecule has 0 saturated carbocycles. The van der Waals surface area contributed by atoms with Gasteiger partial charge in [-0.2, -0.15) is 0 Å². The fraction of sp³-hybridized carbons (Fsp3) is 0.0833. The molecule has 4 aromatic rings. The van der Waals surface area contributed by atoms with Crippen molar-refractivity contribution in [3.8, 4) is 0 Å². The van der Waals surface area contributed by atoms with Crippen molar-refractivity contribution in [3.63, 3.8) is 0 Å². The first kappa shape index (κ1) is 19.3. The quantitative estimate of drug-likeness (QED) is 0.443. The molecule has 0 N–H and O–H groups in total. The second-order valence-electron chi connectivity index (χ2n) is 7.22. The van der Waals surface area contributed by atoms with E-state index in [1.807, 2.05) is 78.9 Å². The van der Waals surface area contributed by atoms with E-state index in [0.717, 1.165) is 22.0 Å². The number of hydrogen-bond acceptors (Lipinski definition) is 5. The molecule has 1 aliphatic rings. The maximum atomic E-state index is 13.3. The smallest absolute Gasteiger partial charge is 0.245 e. The van der Waals surface area contributed by atoms with E-state index in [9.17, 15) is 8.42 Å². The zero-order valence-corrected chi connectivity index (χ0v) is 17.4. The van der Waals surface area contributed by atoms with Crippen LogP contribution in [0.15, 0.2) is 96.3 Å². The monoisotopic (exact) mass is 429 g/mol. The number of fused-ring (bicyclic) bond motifs is 2. The van der Waals surface area contributed by atoms with Gasteiger partial charge in [0.25, 0.3) is 0 Å². The lowest BCUT2D eigenvalue weighted by atomic mass is 10.1. The largest absolute Gasteiger partial charge is 0.391 e. The molecule has 0 bridgehead atoms. The van der Waals surface area contributed by atoms with Gasteiger partial charge >= 0.3 is 0 Å². The van der Waals surface area contributed by atoms with Gasteiger partial charge in [-0.05, 0) is 23.8 Å². The fourth-order valence-corrected chi connectivity index (χ4v) is 5.23. The molecule has 0 spiro atoms. The van der Waals surface area contributed by atoms with Crippen LogP contribution in [-0.2, 0) is 21.5 Å². The molecule has 0 radical (unpaired) electrons. The van der Waals surface area contributed by atoms with Crippen LogP contribution in [0.2, 0.25) is 0 Å². The summed E-state index contributed by atoms with van der Waals surface area (Å²) >= 11 is 0. The highest BCUT2D eigenvalue weighted by Gasteiger charge is 2.35. The molecule has 5 rings (SSSR count). The molecule has 0 saturated heterocycles. The Labute approximate surface area is 180 Å². The number of anilines is 2. The second-order valence-corrected chi connectivity index (χ2v) is 9.04. The lowest BCUT2D eigenvalue weighted by Crippen LogP contribution is -2.38. The minimum Gasteiger partial charge on any atom is -0.391 e. The number of oxime groups is 1. The van der Waals surface area contributed by atoms with Gasteiger partial charge in [-0.3, -0.25) is 4.98 Å². The summed E-state index contributed by atoms with van der Waals surface area (Å²) in [5, 5.41) is 5.06. The zero-order valence-electron chi connectivity index (χ0n) is 16.5. The van der Waals surface area contributed by atoms with Crippen LogP contribution < -0.4 is 4.31 Å². The number of sulfonamides is 1. The van der Waals surface area contributed by atoms with Gasteiger partial charge in [0.1, 0.15) is 18.1 Å². The van der Waals surface area contributed by atoms with Crippen LogP contribution in [0.4, 0.5) is 11.4 Å². The van der Waals surface area contributed by atoms with Crippen LogP contribution >= 0.6 is 0 Å². The molecular weight excluding hydrogens is 410 g/mol. The molecular formula is C24H19N3O3S. The minimum absolute atomic E-state index is 0.258. The third-order valence-corrected chi connectivity index (χ3v) is 6.69. The van der Waals surface area contributed by atoms with Crippen LogP contribution in [0.25, 0.3) is 10.9 Å². The highest BCUT2D eigenvalue weighted by Crippen LogP contribution is 2.37. The van der Waals surface area contributed by atoms with E-state index in [1.165, 1.54) is 4.31 Å². The molecule has 3 aromatic carbocycles. The Morgan fingerprint density at radius 2 is 1.68 bits per heavy atom. The second kappa shape index (κ2) is 7.85. The van der Waals surface area contributed by atoms with Crippen LogP contribution in [0.5, 0.6) is 0 Å². The average molecular weight is 430 g/mol. The lowest BCUT2D eigenvalue weighted by Gasteiger charge is -2.31. The lowest BCUT2D eigenvalue weighted by molar-refractivity contribution is 0.130. The summed E-state index contributed by atoms with van der Waals surface area (Å²) in [6.07, 6.45) is 1.59. The number of rotatable bonds is 4. The van der Waals surface area contributed by atoms with E-state index in [1.54, 1.807) is 12.3 Å². The standard InChI is InChI=1S/C24H19N3O3S/c28-31(29)17-23(26-30-16-18-8-2-1-3-9-18)21-11-5-7-13-24(21)27(31)20-14-19-10-4-6-12-22(19)25-15-20/h1-15H,16-17H2/b26-23-. The number of nitrogens with zero attached hydrogens (tertiary/aromatic N) is 3. The first-order chi connectivity index (χ1) is 15.1. The SMILES string of the molecule is O=S1(=O)C/C(=N/OCc2ccccc2)c2ccccc2N1c1cnc2ccccc2c1. The van der Waals surface area contributed by atoms with E-state index in [-0.39, 0.29) is 12.4 Å². The van der Waals surface area contributed by atoms with Gasteiger partial charge in [0.2, 0.25) is 10.0 Å². The summed E-state index contributed by atoms with van der Waals surface area (Å²) in [6.45, 7) is 0.269. The van der Waals surface area contributed by atoms with Crippen molar-refractivity contribution in [3.05, 3.63) is 102 Å². The van der Waals surface area contributed by atoms with Gasteiger partial charge in [0, 0.05) is 10.9 Å². The Bertz CT molecular complexity index is 1390. The normalized spacial score (nSPS) is 16.3. The highest BCUT2D eigenvalue weighted by atomic mass is 32.2. The number of pyridine rings is 1. The van der Waals surface area contributed by atoms with Gasteiger partial charge in [-0.15, -0.1) is 0 Å². The summed E-state index contributed by atoms with van der Waals surface area (Å²) in [5.74, 6) is -0.258. The first-order valence-corrected chi connectivity index (χ1v) is 11.4. The molecule has 0 aliphatic carbocycles. The number of para-hydroxylation sites is 2. The van der Waals surface area contributed by atoms with E-state index in [0.29, 0.717) is 17.1 Å². The van der Waals surface area contributed by atoms with Gasteiger partial charge < -0.3 is 4.84 Å². The molecule has 7 heteroatoms. The van der Waals surface area contributed by atoms with Crippen LogP contribution in [0.1, 0.15) is 11.1 Å². The Kier molecular flexibility index (Phi) is 4.88. The molecule has 6 nitrogen and oxygen atoms in total. The Morgan fingerprint density at radius 1 is 0.935 bits per heavy atom. The third kappa shape index (κ3) is 3.75. The molecule has 1 aromatic heterocycles. The van der Waals surface area contributed by atoms with Gasteiger partial charge in [0.15, 0.2) is 0 Å². The van der Waals surface area contributed by atoms with Crippen molar-refractivity contribution >= 4 is 38.0 Å². The van der Waals surface area contributed by atoms with Crippen molar-refractivity contribution in [2.75, 3.05) is 10.1 Å². The van der Waals surface area contributed by atoms with E-state index >= 15 is 0 Å². The minimum atomic E-state index is -3.72. The maximum Gasteiger partial charge on any atom is 0.245 e. The van der Waals surface area contributed by atoms with Crippen molar-refractivity contribution in [1.82, 2.24) is 4.98 Å². The summed E-state index contributed by atoms with van der Waals surface area (Å²) in [4.78, 5) is 9.94. The summed E-state index contributed by atoms with van der Waals surface area (Å²) in [5.41, 5.74) is 3.91. The van der Waals surface area contributed by atoms with Gasteiger partial charge in [-0.1, -0.05) is 71.9 Å². The third-order valence-electron chi connectivity index (χ3n) is 5.09. The van der Waals surface area contributed by atoms with Crippen molar-refractivity contribution in [2.45, 2.75) is 6.61 Å². The summed E-state index contributed by atoms with van der Waals surface area (Å²) in [6, 6.07) is 26.4. The summed E-state index contributed by atoms with van der Waals surface area (Å²) < 4.78 is 27.9. The van der Waals surface area contributed by atoms with Crippen molar-refractivity contribution in [1.29, 1.82) is 0 Å². The topological polar surface area (TPSA) is 71.9 Å². The molecule has 154 valence electrons. The van der Waals surface area contributed by atoms with Crippen LogP contribution in [-0.4, -0.2) is 24.9 Å². The molecule has 0 unspecified atom stereocenters. The van der Waals surface area contributed by atoms with E-state index in [4.69, 9.17) is 4.84 Å². The first-order valence-electron chi connectivity index (χ1n) is 9.82. The zero-order chi connectivity index (χ0) is 21.3.